The molecule has 1 unspecified atom stereocenters. The van der Waals surface area contributed by atoms with Gasteiger partial charge in [-0.25, -0.2) is 4.79 Å². The van der Waals surface area contributed by atoms with Crippen molar-refractivity contribution in [2.24, 2.45) is 5.92 Å². The predicted molar refractivity (Wildman–Crippen MR) is 64.7 cm³/mol. The first kappa shape index (κ1) is 15.6. The van der Waals surface area contributed by atoms with Crippen molar-refractivity contribution in [1.82, 2.24) is 5.32 Å². The van der Waals surface area contributed by atoms with E-state index in [1.807, 2.05) is 13.8 Å². The van der Waals surface area contributed by atoms with Crippen LogP contribution in [0, 0.1) is 5.92 Å². The molecular weight excluding hydrogens is 222 g/mol. The Labute approximate surface area is 102 Å². The zero-order chi connectivity index (χ0) is 13.3. The van der Waals surface area contributed by atoms with Crippen molar-refractivity contribution in [2.45, 2.75) is 32.7 Å². The first-order valence-electron chi connectivity index (χ1n) is 5.78. The Kier molecular flexibility index (Phi) is 8.05. The highest BCUT2D eigenvalue weighted by molar-refractivity contribution is 5.84. The Morgan fingerprint density at radius 1 is 1.41 bits per heavy atom. The minimum absolute atomic E-state index is 0.0484. The summed E-state index contributed by atoms with van der Waals surface area (Å²) in [5.41, 5.74) is 0. The van der Waals surface area contributed by atoms with Crippen LogP contribution in [0.15, 0.2) is 12.7 Å². The van der Waals surface area contributed by atoms with Crippen molar-refractivity contribution in [3.63, 3.8) is 0 Å². The number of aliphatic carboxylic acids is 1. The van der Waals surface area contributed by atoms with Crippen LogP contribution in [0.4, 0.5) is 0 Å². The van der Waals surface area contributed by atoms with E-state index < -0.39 is 12.0 Å². The Morgan fingerprint density at radius 3 is 2.41 bits per heavy atom. The van der Waals surface area contributed by atoms with Gasteiger partial charge in [-0.15, -0.1) is 6.58 Å². The Bertz CT molecular complexity index is 261. The number of ether oxygens (including phenoxy) is 1. The molecule has 2 N–H and O–H groups in total. The van der Waals surface area contributed by atoms with E-state index in [1.165, 1.54) is 6.08 Å². The number of carboxylic acid groups (broad SMARTS) is 1. The van der Waals surface area contributed by atoms with Gasteiger partial charge in [0.2, 0.25) is 5.91 Å². The van der Waals surface area contributed by atoms with E-state index in [2.05, 4.69) is 11.9 Å². The van der Waals surface area contributed by atoms with Crippen LogP contribution >= 0.6 is 0 Å². The molecule has 1 amide bonds. The van der Waals surface area contributed by atoms with Crippen LogP contribution in [-0.2, 0) is 14.3 Å². The molecular formula is C12H21NO4. The predicted octanol–water partition coefficient (Wildman–Crippen LogP) is 1.19. The average Bonchev–Trinajstić information content (AvgIpc) is 2.29. The molecule has 98 valence electrons. The second kappa shape index (κ2) is 8.75. The molecule has 0 radical (unpaired) electrons. The van der Waals surface area contributed by atoms with Gasteiger partial charge in [0, 0.05) is 5.92 Å². The van der Waals surface area contributed by atoms with Crippen LogP contribution in [0.1, 0.15) is 26.7 Å². The van der Waals surface area contributed by atoms with Gasteiger partial charge in [-0.2, -0.15) is 0 Å². The van der Waals surface area contributed by atoms with Crippen molar-refractivity contribution in [1.29, 1.82) is 0 Å². The molecule has 0 saturated heterocycles. The van der Waals surface area contributed by atoms with Gasteiger partial charge in [0.25, 0.3) is 0 Å². The van der Waals surface area contributed by atoms with Gasteiger partial charge < -0.3 is 15.2 Å². The smallest absolute Gasteiger partial charge is 0.328 e. The summed E-state index contributed by atoms with van der Waals surface area (Å²) in [6.45, 7) is 7.48. The van der Waals surface area contributed by atoms with Gasteiger partial charge in [0.15, 0.2) is 6.04 Å². The third kappa shape index (κ3) is 6.06. The van der Waals surface area contributed by atoms with Crippen molar-refractivity contribution >= 4 is 11.9 Å². The lowest BCUT2D eigenvalue weighted by molar-refractivity contribution is -0.144. The molecule has 0 aromatic heterocycles. The number of amides is 1. The van der Waals surface area contributed by atoms with Crippen LogP contribution in [0.5, 0.6) is 0 Å². The molecule has 0 spiro atoms. The standard InChI is InChI=1S/C12H21NO4/c1-4-7-17-8-10(12(15)16)13-11(14)9(5-2)6-3/h4,9-10H,1,5-8H2,2-3H3,(H,13,14)(H,15,16). The van der Waals surface area contributed by atoms with Gasteiger partial charge in [0.05, 0.1) is 13.2 Å². The number of nitrogens with one attached hydrogen (secondary N) is 1. The molecule has 0 heterocycles. The minimum atomic E-state index is -1.09. The van der Waals surface area contributed by atoms with Crippen LogP contribution in [0.25, 0.3) is 0 Å². The normalized spacial score (nSPS) is 12.2. The third-order valence-electron chi connectivity index (χ3n) is 2.49. The first-order valence-corrected chi connectivity index (χ1v) is 5.78. The lowest BCUT2D eigenvalue weighted by Crippen LogP contribution is -2.46. The molecule has 5 nitrogen and oxygen atoms in total. The quantitative estimate of drug-likeness (QED) is 0.471. The van der Waals surface area contributed by atoms with E-state index in [1.54, 1.807) is 0 Å². The fraction of sp³-hybridized carbons (Fsp3) is 0.667. The minimum Gasteiger partial charge on any atom is -0.480 e. The summed E-state index contributed by atoms with van der Waals surface area (Å²) in [6, 6.07) is -0.997. The largest absolute Gasteiger partial charge is 0.480 e. The van der Waals surface area contributed by atoms with Crippen molar-refractivity contribution < 1.29 is 19.4 Å². The summed E-state index contributed by atoms with van der Waals surface area (Å²) in [4.78, 5) is 22.6. The SMILES string of the molecule is C=CCOCC(NC(=O)C(CC)CC)C(=O)O. The molecule has 0 aromatic carbocycles. The highest BCUT2D eigenvalue weighted by Gasteiger charge is 2.23. The van der Waals surface area contributed by atoms with Crippen LogP contribution in [0.3, 0.4) is 0 Å². The van der Waals surface area contributed by atoms with Crippen LogP contribution in [0.2, 0.25) is 0 Å². The molecule has 0 aliphatic carbocycles. The number of carboxylic acids is 1. The monoisotopic (exact) mass is 243 g/mol. The number of hydrogen-bond acceptors (Lipinski definition) is 3. The maximum Gasteiger partial charge on any atom is 0.328 e. The molecule has 0 aliphatic heterocycles. The highest BCUT2D eigenvalue weighted by atomic mass is 16.5. The second-order valence-electron chi connectivity index (χ2n) is 3.74. The van der Waals surface area contributed by atoms with E-state index in [0.717, 1.165) is 0 Å². The third-order valence-corrected chi connectivity index (χ3v) is 2.49. The molecule has 0 rings (SSSR count). The Balaban J connectivity index is 4.28. The van der Waals surface area contributed by atoms with Gasteiger partial charge in [-0.05, 0) is 12.8 Å². The zero-order valence-corrected chi connectivity index (χ0v) is 10.4. The topological polar surface area (TPSA) is 75.6 Å². The van der Waals surface area contributed by atoms with Gasteiger partial charge in [-0.1, -0.05) is 19.9 Å². The summed E-state index contributed by atoms with van der Waals surface area (Å²) < 4.78 is 5.04. The van der Waals surface area contributed by atoms with Crippen molar-refractivity contribution in [3.8, 4) is 0 Å². The zero-order valence-electron chi connectivity index (χ0n) is 10.4. The number of carbonyl (C=O) groups is 2. The molecule has 17 heavy (non-hydrogen) atoms. The van der Waals surface area contributed by atoms with Gasteiger partial charge in [-0.3, -0.25) is 4.79 Å². The molecule has 0 aliphatic rings. The Hall–Kier alpha value is -1.36. The summed E-state index contributed by atoms with van der Waals surface area (Å²) >= 11 is 0. The van der Waals surface area contributed by atoms with E-state index in [9.17, 15) is 9.59 Å². The summed E-state index contributed by atoms with van der Waals surface area (Å²) in [5, 5.41) is 11.4. The number of rotatable bonds is 9. The van der Waals surface area contributed by atoms with E-state index >= 15 is 0 Å². The van der Waals surface area contributed by atoms with E-state index in [-0.39, 0.29) is 25.0 Å². The molecule has 0 aromatic rings. The lowest BCUT2D eigenvalue weighted by atomic mass is 10.0. The Morgan fingerprint density at radius 2 is 2.00 bits per heavy atom. The van der Waals surface area contributed by atoms with E-state index in [0.29, 0.717) is 12.8 Å². The number of hydrogen-bond donors (Lipinski definition) is 2. The second-order valence-corrected chi connectivity index (χ2v) is 3.74. The maximum absolute atomic E-state index is 11.7. The van der Waals surface area contributed by atoms with E-state index in [4.69, 9.17) is 9.84 Å². The molecule has 0 saturated carbocycles. The lowest BCUT2D eigenvalue weighted by Gasteiger charge is -2.18. The fourth-order valence-electron chi connectivity index (χ4n) is 1.39. The average molecular weight is 243 g/mol. The maximum atomic E-state index is 11.7. The fourth-order valence-corrected chi connectivity index (χ4v) is 1.39. The first-order chi connectivity index (χ1) is 8.06. The summed E-state index contributed by atoms with van der Waals surface area (Å²) in [5.74, 6) is -1.46. The number of carbonyl (C=O) groups excluding carboxylic acids is 1. The molecule has 5 heteroatoms. The summed E-state index contributed by atoms with van der Waals surface area (Å²) in [6.07, 6.45) is 2.92. The van der Waals surface area contributed by atoms with Crippen LogP contribution < -0.4 is 5.32 Å². The van der Waals surface area contributed by atoms with Crippen LogP contribution in [-0.4, -0.2) is 36.2 Å². The van der Waals surface area contributed by atoms with Gasteiger partial charge in [0.1, 0.15) is 0 Å². The molecule has 0 fully saturated rings. The van der Waals surface area contributed by atoms with Gasteiger partial charge >= 0.3 is 5.97 Å². The van der Waals surface area contributed by atoms with Crippen molar-refractivity contribution in [3.05, 3.63) is 12.7 Å². The highest BCUT2D eigenvalue weighted by Crippen LogP contribution is 2.07. The summed E-state index contributed by atoms with van der Waals surface area (Å²) in [7, 11) is 0. The van der Waals surface area contributed by atoms with Crippen molar-refractivity contribution in [2.75, 3.05) is 13.2 Å². The molecule has 0 bridgehead atoms. The molecule has 1 atom stereocenters.